The van der Waals surface area contributed by atoms with Gasteiger partial charge in [0.25, 0.3) is 0 Å². The highest BCUT2D eigenvalue weighted by atomic mass is 127. The van der Waals surface area contributed by atoms with Gasteiger partial charge in [-0.3, -0.25) is 0 Å². The minimum atomic E-state index is 1.19. The second-order valence-electron chi connectivity index (χ2n) is 4.19. The molecule has 0 bridgehead atoms. The van der Waals surface area contributed by atoms with Gasteiger partial charge in [-0.2, -0.15) is 0 Å². The Labute approximate surface area is 110 Å². The van der Waals surface area contributed by atoms with Gasteiger partial charge in [-0.05, 0) is 30.1 Å². The molecule has 0 aliphatic carbocycles. The van der Waals surface area contributed by atoms with Gasteiger partial charge in [0.15, 0.2) is 0 Å². The molecule has 0 saturated heterocycles. The smallest absolute Gasteiger partial charge is 0.000473 e. The van der Waals surface area contributed by atoms with E-state index >= 15 is 0 Å². The average molecular weight is 322 g/mol. The Hall–Kier alpha value is 0.470. The molecule has 0 aromatic rings. The number of allylic oxidation sites excluding steroid dienone is 2. The molecule has 0 aliphatic heterocycles. The molecule has 0 aromatic carbocycles. The van der Waals surface area contributed by atoms with Crippen molar-refractivity contribution in [2.24, 2.45) is 0 Å². The summed E-state index contributed by atoms with van der Waals surface area (Å²) in [6.45, 7) is 2.20. The zero-order valence-corrected chi connectivity index (χ0v) is 12.5. The quantitative estimate of drug-likeness (QED) is 0.192. The number of hydrogen-bond donors (Lipinski definition) is 0. The molecule has 0 heterocycles. The number of halogens is 1. The van der Waals surface area contributed by atoms with Crippen molar-refractivity contribution in [1.29, 1.82) is 0 Å². The molecule has 0 unspecified atom stereocenters. The van der Waals surface area contributed by atoms with Gasteiger partial charge in [0, 0.05) is 0 Å². The van der Waals surface area contributed by atoms with Crippen molar-refractivity contribution < 1.29 is 0 Å². The highest BCUT2D eigenvalue weighted by molar-refractivity contribution is 14.1. The number of rotatable bonds is 11. The normalized spacial score (nSPS) is 11.3. The first-order valence-electron chi connectivity index (χ1n) is 6.62. The Morgan fingerprint density at radius 1 is 0.733 bits per heavy atom. The third-order valence-corrected chi connectivity index (χ3v) is 3.42. The highest BCUT2D eigenvalue weighted by Gasteiger charge is 1.91. The van der Waals surface area contributed by atoms with Crippen LogP contribution in [0.4, 0.5) is 0 Å². The molecule has 0 N–H and O–H groups in total. The van der Waals surface area contributed by atoms with Gasteiger partial charge in [0.2, 0.25) is 0 Å². The van der Waals surface area contributed by atoms with Crippen LogP contribution in [-0.4, -0.2) is 4.43 Å². The van der Waals surface area contributed by atoms with Crippen LogP contribution in [0.2, 0.25) is 0 Å². The fraction of sp³-hybridized carbons (Fsp3) is 0.857. The third kappa shape index (κ3) is 14.5. The zero-order chi connectivity index (χ0) is 11.2. The first-order valence-corrected chi connectivity index (χ1v) is 8.15. The summed E-state index contributed by atoms with van der Waals surface area (Å²) in [6, 6.07) is 0. The van der Waals surface area contributed by atoms with Gasteiger partial charge in [-0.1, -0.05) is 80.2 Å². The lowest BCUT2D eigenvalue weighted by Crippen LogP contribution is -1.81. The third-order valence-electron chi connectivity index (χ3n) is 2.66. The molecule has 90 valence electrons. The van der Waals surface area contributed by atoms with Crippen LogP contribution in [0.15, 0.2) is 12.2 Å². The van der Waals surface area contributed by atoms with E-state index in [0.717, 1.165) is 0 Å². The fourth-order valence-electron chi connectivity index (χ4n) is 1.70. The van der Waals surface area contributed by atoms with Crippen LogP contribution in [0.25, 0.3) is 0 Å². The first-order chi connectivity index (χ1) is 7.41. The van der Waals surface area contributed by atoms with Crippen LogP contribution in [0.5, 0.6) is 0 Å². The van der Waals surface area contributed by atoms with Crippen LogP contribution < -0.4 is 0 Å². The molecule has 0 saturated carbocycles. The van der Waals surface area contributed by atoms with Gasteiger partial charge in [-0.15, -0.1) is 0 Å². The lowest BCUT2D eigenvalue weighted by molar-refractivity contribution is 0.579. The van der Waals surface area contributed by atoms with Gasteiger partial charge in [-0.25, -0.2) is 0 Å². The molecule has 0 amide bonds. The highest BCUT2D eigenvalue weighted by Crippen LogP contribution is 2.10. The molecule has 0 radical (unpaired) electrons. The SMILES string of the molecule is CC/C=C\CCCCCCCCCCI. The number of alkyl halides is 1. The molecular weight excluding hydrogens is 295 g/mol. The molecule has 1 heteroatoms. The fourth-order valence-corrected chi connectivity index (χ4v) is 2.24. The van der Waals surface area contributed by atoms with Crippen LogP contribution in [-0.2, 0) is 0 Å². The molecular formula is C14H27I. The van der Waals surface area contributed by atoms with Gasteiger partial charge in [0.05, 0.1) is 0 Å². The second-order valence-corrected chi connectivity index (χ2v) is 5.26. The molecule has 0 atom stereocenters. The molecule has 0 aliphatic rings. The maximum Gasteiger partial charge on any atom is -0.000473 e. The van der Waals surface area contributed by atoms with Crippen molar-refractivity contribution in [1.82, 2.24) is 0 Å². The number of hydrogen-bond acceptors (Lipinski definition) is 0. The summed E-state index contributed by atoms with van der Waals surface area (Å²) in [5.74, 6) is 0. The first kappa shape index (κ1) is 15.5. The van der Waals surface area contributed by atoms with E-state index in [0.29, 0.717) is 0 Å². The van der Waals surface area contributed by atoms with Crippen LogP contribution in [0.3, 0.4) is 0 Å². The number of unbranched alkanes of at least 4 members (excludes halogenated alkanes) is 8. The van der Waals surface area contributed by atoms with E-state index in [1.807, 2.05) is 0 Å². The summed E-state index contributed by atoms with van der Waals surface area (Å²) >= 11 is 2.47. The molecule has 0 spiro atoms. The topological polar surface area (TPSA) is 0 Å². The standard InChI is InChI=1S/C14H27I/c1-2-3-4-5-6-7-8-9-10-11-12-13-14-15/h3-4H,2,5-14H2,1H3/b4-3-. The van der Waals surface area contributed by atoms with E-state index in [9.17, 15) is 0 Å². The lowest BCUT2D eigenvalue weighted by atomic mass is 10.1. The van der Waals surface area contributed by atoms with Crippen molar-refractivity contribution in [3.63, 3.8) is 0 Å². The van der Waals surface area contributed by atoms with Crippen molar-refractivity contribution in [2.75, 3.05) is 4.43 Å². The van der Waals surface area contributed by atoms with E-state index in [2.05, 4.69) is 41.7 Å². The molecule has 0 nitrogen and oxygen atoms in total. The second kappa shape index (κ2) is 14.5. The average Bonchev–Trinajstić information content (AvgIpc) is 2.26. The Morgan fingerprint density at radius 2 is 1.27 bits per heavy atom. The van der Waals surface area contributed by atoms with Crippen molar-refractivity contribution in [3.8, 4) is 0 Å². The summed E-state index contributed by atoms with van der Waals surface area (Å²) in [7, 11) is 0. The van der Waals surface area contributed by atoms with Crippen LogP contribution in [0, 0.1) is 0 Å². The lowest BCUT2D eigenvalue weighted by Gasteiger charge is -2.00. The maximum atomic E-state index is 2.47. The predicted molar refractivity (Wildman–Crippen MR) is 79.9 cm³/mol. The summed E-state index contributed by atoms with van der Waals surface area (Å²) < 4.78 is 1.33. The van der Waals surface area contributed by atoms with E-state index < -0.39 is 0 Å². The molecule has 15 heavy (non-hydrogen) atoms. The Bertz CT molecular complexity index is 129. The van der Waals surface area contributed by atoms with E-state index in [1.165, 1.54) is 68.6 Å². The zero-order valence-electron chi connectivity index (χ0n) is 10.3. The van der Waals surface area contributed by atoms with Crippen molar-refractivity contribution in [2.45, 2.75) is 71.1 Å². The predicted octanol–water partition coefficient (Wildman–Crippen LogP) is 5.90. The van der Waals surface area contributed by atoms with Crippen molar-refractivity contribution in [3.05, 3.63) is 12.2 Å². The van der Waals surface area contributed by atoms with Crippen LogP contribution >= 0.6 is 22.6 Å². The molecule has 0 aromatic heterocycles. The van der Waals surface area contributed by atoms with E-state index in [-0.39, 0.29) is 0 Å². The Morgan fingerprint density at radius 3 is 1.80 bits per heavy atom. The van der Waals surface area contributed by atoms with Gasteiger partial charge in [0.1, 0.15) is 0 Å². The van der Waals surface area contributed by atoms with E-state index in [4.69, 9.17) is 0 Å². The summed E-state index contributed by atoms with van der Waals surface area (Å²) in [6.07, 6.45) is 18.6. The molecule has 0 rings (SSSR count). The summed E-state index contributed by atoms with van der Waals surface area (Å²) in [5, 5.41) is 0. The minimum absolute atomic E-state index is 1.19. The Balaban J connectivity index is 2.89. The largest absolute Gasteiger partial charge is 0.0888 e. The van der Waals surface area contributed by atoms with E-state index in [1.54, 1.807) is 0 Å². The van der Waals surface area contributed by atoms with Gasteiger partial charge < -0.3 is 0 Å². The van der Waals surface area contributed by atoms with Gasteiger partial charge >= 0.3 is 0 Å². The Kier molecular flexibility index (Phi) is 14.9. The summed E-state index contributed by atoms with van der Waals surface area (Å²) in [4.78, 5) is 0. The molecule has 0 fully saturated rings. The monoisotopic (exact) mass is 322 g/mol. The van der Waals surface area contributed by atoms with Crippen LogP contribution in [0.1, 0.15) is 71.1 Å². The van der Waals surface area contributed by atoms with Crippen molar-refractivity contribution >= 4 is 22.6 Å². The summed E-state index contributed by atoms with van der Waals surface area (Å²) in [5.41, 5.74) is 0. The maximum absolute atomic E-state index is 2.47. The minimum Gasteiger partial charge on any atom is -0.0888 e.